The highest BCUT2D eigenvalue weighted by Gasteiger charge is 2.15. The Morgan fingerprint density at radius 2 is 0.604 bits per heavy atom. The molecule has 0 amide bonds. The van der Waals surface area contributed by atoms with Gasteiger partial charge in [-0.2, -0.15) is 0 Å². The zero-order valence-electron chi connectivity index (χ0n) is 27.1. The van der Waals surface area contributed by atoms with Crippen molar-refractivity contribution in [1.29, 1.82) is 0 Å². The highest BCUT2D eigenvalue weighted by Crippen LogP contribution is 2.41. The van der Waals surface area contributed by atoms with E-state index >= 15 is 0 Å². The molecule has 0 bridgehead atoms. The molecule has 0 aliphatic heterocycles. The van der Waals surface area contributed by atoms with Crippen molar-refractivity contribution in [1.82, 2.24) is 4.98 Å². The lowest BCUT2D eigenvalue weighted by Gasteiger charge is -2.14. The van der Waals surface area contributed by atoms with E-state index in [1.165, 1.54) is 0 Å². The van der Waals surface area contributed by atoms with Gasteiger partial charge >= 0.3 is 0 Å². The Kier molecular flexibility index (Phi) is 8.93. The van der Waals surface area contributed by atoms with Crippen LogP contribution in [0.25, 0.3) is 44.5 Å². The van der Waals surface area contributed by atoms with E-state index in [2.05, 4.69) is 133 Å². The van der Waals surface area contributed by atoms with Crippen molar-refractivity contribution in [2.45, 2.75) is 13.8 Å². The van der Waals surface area contributed by atoms with Gasteiger partial charge in [-0.05, 0) is 48.2 Å². The Labute approximate surface area is 282 Å². The smallest absolute Gasteiger partial charge is 0.0849 e. The molecule has 0 N–H and O–H groups in total. The van der Waals surface area contributed by atoms with Gasteiger partial charge in [0.25, 0.3) is 0 Å². The normalized spacial score (nSPS) is 11.8. The molecule has 3 heteroatoms. The van der Waals surface area contributed by atoms with Gasteiger partial charge in [0.2, 0.25) is 0 Å². The second kappa shape index (κ2) is 14.1. The van der Waals surface area contributed by atoms with Crippen LogP contribution in [0.3, 0.4) is 0 Å². The van der Waals surface area contributed by atoms with Crippen molar-refractivity contribution in [2.75, 3.05) is 0 Å². The highest BCUT2D eigenvalue weighted by atomic mass is 14.8. The van der Waals surface area contributed by atoms with Crippen LogP contribution in [0.15, 0.2) is 186 Å². The highest BCUT2D eigenvalue weighted by molar-refractivity contribution is 6.05. The summed E-state index contributed by atoms with van der Waals surface area (Å²) in [7, 11) is 0. The molecule has 0 saturated heterocycles. The van der Waals surface area contributed by atoms with Crippen molar-refractivity contribution < 1.29 is 0 Å². The van der Waals surface area contributed by atoms with Crippen molar-refractivity contribution in [2.24, 2.45) is 9.98 Å². The lowest BCUT2D eigenvalue weighted by atomic mass is 9.96. The summed E-state index contributed by atoms with van der Waals surface area (Å²) in [6.07, 6.45) is 0. The summed E-state index contributed by atoms with van der Waals surface area (Å²) in [5.74, 6) is 0. The SMILES string of the molecule is C/C(=N\c1c(-c2ccccc2)cccc1-c1ccccc1)c1cccc(/C(C)=N/c2c(-c3ccccc3)cccc2-c2ccccc2)n1. The van der Waals surface area contributed by atoms with E-state index in [4.69, 9.17) is 15.0 Å². The Hall–Kier alpha value is -6.19. The lowest BCUT2D eigenvalue weighted by molar-refractivity contribution is 1.24. The van der Waals surface area contributed by atoms with Gasteiger partial charge in [0.15, 0.2) is 0 Å². The van der Waals surface area contributed by atoms with E-state index in [-0.39, 0.29) is 0 Å². The van der Waals surface area contributed by atoms with Gasteiger partial charge in [-0.1, -0.05) is 164 Å². The Balaban J connectivity index is 1.33. The van der Waals surface area contributed by atoms with Crippen molar-refractivity contribution >= 4 is 22.8 Å². The maximum atomic E-state index is 5.29. The van der Waals surface area contributed by atoms with E-state index in [0.717, 1.165) is 78.7 Å². The maximum absolute atomic E-state index is 5.29. The topological polar surface area (TPSA) is 37.6 Å². The number of nitrogens with zero attached hydrogens (tertiary/aromatic N) is 3. The number of hydrogen-bond acceptors (Lipinski definition) is 3. The van der Waals surface area contributed by atoms with Crippen LogP contribution in [0.1, 0.15) is 25.2 Å². The van der Waals surface area contributed by atoms with E-state index in [1.54, 1.807) is 0 Å². The lowest BCUT2D eigenvalue weighted by Crippen LogP contribution is -2.05. The number of para-hydroxylation sites is 2. The van der Waals surface area contributed by atoms with Gasteiger partial charge in [-0.25, -0.2) is 4.98 Å². The van der Waals surface area contributed by atoms with Crippen LogP contribution in [0.4, 0.5) is 11.4 Å². The van der Waals surface area contributed by atoms with E-state index < -0.39 is 0 Å². The van der Waals surface area contributed by atoms with Gasteiger partial charge < -0.3 is 0 Å². The molecule has 0 unspecified atom stereocenters. The average Bonchev–Trinajstić information content (AvgIpc) is 3.16. The minimum Gasteiger partial charge on any atom is -0.250 e. The molecule has 0 spiro atoms. The molecule has 6 aromatic carbocycles. The number of benzene rings is 6. The standard InChI is InChI=1S/C45H35N3/c1-32(46-44-38(34-18-7-3-8-19-34)26-15-27-39(44)35-20-9-4-10-21-35)42-30-17-31-43(48-42)33(2)47-45-40(36-22-11-5-12-23-36)28-16-29-41(45)37-24-13-6-14-25-37/h3-31H,1-2H3/b46-32+,47-33+. The molecule has 230 valence electrons. The number of aromatic nitrogens is 1. The van der Waals surface area contributed by atoms with Crippen molar-refractivity contribution in [3.8, 4) is 44.5 Å². The van der Waals surface area contributed by atoms with Crippen LogP contribution in [0, 0.1) is 0 Å². The fraction of sp³-hybridized carbons (Fsp3) is 0.0444. The quantitative estimate of drug-likeness (QED) is 0.156. The Morgan fingerprint density at radius 1 is 0.333 bits per heavy atom. The maximum Gasteiger partial charge on any atom is 0.0849 e. The molecule has 48 heavy (non-hydrogen) atoms. The van der Waals surface area contributed by atoms with E-state index in [0.29, 0.717) is 0 Å². The molecule has 0 saturated carbocycles. The van der Waals surface area contributed by atoms with Gasteiger partial charge in [-0.3, -0.25) is 9.98 Å². The fourth-order valence-corrected chi connectivity index (χ4v) is 6.02. The molecule has 0 aliphatic carbocycles. The molecular weight excluding hydrogens is 583 g/mol. The van der Waals surface area contributed by atoms with E-state index in [1.807, 2.05) is 56.3 Å². The molecule has 0 aliphatic rings. The van der Waals surface area contributed by atoms with E-state index in [9.17, 15) is 0 Å². The first-order chi connectivity index (χ1) is 23.7. The predicted octanol–water partition coefficient (Wildman–Crippen LogP) is 12.0. The summed E-state index contributed by atoms with van der Waals surface area (Å²) in [4.78, 5) is 15.7. The summed E-state index contributed by atoms with van der Waals surface area (Å²) in [6, 6.07) is 60.6. The predicted molar refractivity (Wildman–Crippen MR) is 203 cm³/mol. The Morgan fingerprint density at radius 3 is 0.896 bits per heavy atom. The van der Waals surface area contributed by atoms with Gasteiger partial charge in [0.1, 0.15) is 0 Å². The van der Waals surface area contributed by atoms with Gasteiger partial charge in [-0.15, -0.1) is 0 Å². The summed E-state index contributed by atoms with van der Waals surface area (Å²) in [5, 5.41) is 0. The van der Waals surface area contributed by atoms with Crippen LogP contribution in [0.2, 0.25) is 0 Å². The van der Waals surface area contributed by atoms with Crippen LogP contribution in [-0.4, -0.2) is 16.4 Å². The molecule has 1 aromatic heterocycles. The van der Waals surface area contributed by atoms with Crippen LogP contribution >= 0.6 is 0 Å². The van der Waals surface area contributed by atoms with Crippen LogP contribution in [-0.2, 0) is 0 Å². The molecule has 1 heterocycles. The fourth-order valence-electron chi connectivity index (χ4n) is 6.02. The second-order valence-corrected chi connectivity index (χ2v) is 11.7. The minimum atomic E-state index is 0.809. The zero-order chi connectivity index (χ0) is 32.7. The molecular formula is C45H35N3. The molecule has 7 aromatic rings. The minimum absolute atomic E-state index is 0.809. The molecule has 0 fully saturated rings. The third-order valence-corrected chi connectivity index (χ3v) is 8.46. The summed E-state index contributed by atoms with van der Waals surface area (Å²) >= 11 is 0. The molecule has 7 rings (SSSR count). The van der Waals surface area contributed by atoms with Crippen molar-refractivity contribution in [3.05, 3.63) is 187 Å². The largest absolute Gasteiger partial charge is 0.250 e. The first-order valence-corrected chi connectivity index (χ1v) is 16.2. The number of pyridine rings is 1. The summed E-state index contributed by atoms with van der Waals surface area (Å²) in [5.41, 5.74) is 13.9. The first kappa shape index (κ1) is 30.5. The van der Waals surface area contributed by atoms with Gasteiger partial charge in [0, 0.05) is 22.3 Å². The summed E-state index contributed by atoms with van der Waals surface area (Å²) in [6.45, 7) is 4.07. The first-order valence-electron chi connectivity index (χ1n) is 16.2. The third-order valence-electron chi connectivity index (χ3n) is 8.46. The van der Waals surface area contributed by atoms with Crippen LogP contribution < -0.4 is 0 Å². The molecule has 0 radical (unpaired) electrons. The van der Waals surface area contributed by atoms with Gasteiger partial charge in [0.05, 0.1) is 34.2 Å². The number of aliphatic imine (C=N–C) groups is 2. The molecule has 3 nitrogen and oxygen atoms in total. The van der Waals surface area contributed by atoms with Crippen molar-refractivity contribution in [3.63, 3.8) is 0 Å². The second-order valence-electron chi connectivity index (χ2n) is 11.7. The Bertz CT molecular complexity index is 1950. The summed E-state index contributed by atoms with van der Waals surface area (Å²) < 4.78 is 0. The number of rotatable bonds is 8. The third kappa shape index (κ3) is 6.53. The zero-order valence-corrected chi connectivity index (χ0v) is 27.1. The average molecular weight is 618 g/mol. The van der Waals surface area contributed by atoms with Crippen LogP contribution in [0.5, 0.6) is 0 Å². The monoisotopic (exact) mass is 617 g/mol. The number of hydrogen-bond donors (Lipinski definition) is 0. The molecule has 0 atom stereocenters.